The van der Waals surface area contributed by atoms with Crippen molar-refractivity contribution in [2.24, 2.45) is 0 Å². The number of aliphatic hydroxyl groups excluding tert-OH is 1. The molecule has 4 nitrogen and oxygen atoms in total. The standard InChI is InChI=1S/C13H13NO3S/c1-17-11-6-7-18-12(11)13(16)14-10-5-3-2-4-9(10)8-15/h2-7,15H,8H2,1H3,(H,14,16). The highest BCUT2D eigenvalue weighted by Crippen LogP contribution is 2.26. The highest BCUT2D eigenvalue weighted by molar-refractivity contribution is 7.12. The molecule has 1 heterocycles. The third kappa shape index (κ3) is 2.52. The number of amides is 1. The molecule has 2 N–H and O–H groups in total. The van der Waals surface area contributed by atoms with Crippen molar-refractivity contribution < 1.29 is 14.6 Å². The van der Waals surface area contributed by atoms with E-state index in [1.807, 2.05) is 6.07 Å². The van der Waals surface area contributed by atoms with Gasteiger partial charge in [0.1, 0.15) is 10.6 Å². The van der Waals surface area contributed by atoms with E-state index < -0.39 is 0 Å². The third-order valence-electron chi connectivity index (χ3n) is 2.49. The van der Waals surface area contributed by atoms with Crippen LogP contribution >= 0.6 is 11.3 Å². The quantitative estimate of drug-likeness (QED) is 0.891. The molecule has 2 aromatic rings. The molecule has 1 amide bonds. The molecule has 0 atom stereocenters. The van der Waals surface area contributed by atoms with Crippen molar-refractivity contribution >= 4 is 22.9 Å². The van der Waals surface area contributed by atoms with Crippen LogP contribution in [0.2, 0.25) is 0 Å². The number of methoxy groups -OCH3 is 1. The molecule has 0 fully saturated rings. The van der Waals surface area contributed by atoms with Gasteiger partial charge in [0.2, 0.25) is 0 Å². The second kappa shape index (κ2) is 5.66. The van der Waals surface area contributed by atoms with Crippen LogP contribution in [-0.4, -0.2) is 18.1 Å². The van der Waals surface area contributed by atoms with E-state index in [4.69, 9.17) is 4.74 Å². The van der Waals surface area contributed by atoms with Crippen LogP contribution in [0.1, 0.15) is 15.2 Å². The van der Waals surface area contributed by atoms with Gasteiger partial charge in [0, 0.05) is 11.3 Å². The number of hydrogen-bond donors (Lipinski definition) is 2. The number of aliphatic hydroxyl groups is 1. The Balaban J connectivity index is 2.21. The predicted octanol–water partition coefficient (Wildman–Crippen LogP) is 2.50. The van der Waals surface area contributed by atoms with Crippen molar-refractivity contribution in [3.63, 3.8) is 0 Å². The lowest BCUT2D eigenvalue weighted by Crippen LogP contribution is -2.12. The van der Waals surface area contributed by atoms with Gasteiger partial charge in [-0.1, -0.05) is 18.2 Å². The van der Waals surface area contributed by atoms with Crippen molar-refractivity contribution in [2.75, 3.05) is 12.4 Å². The Morgan fingerprint density at radius 2 is 2.17 bits per heavy atom. The first-order chi connectivity index (χ1) is 8.76. The molecule has 0 aliphatic heterocycles. The van der Waals surface area contributed by atoms with E-state index in [-0.39, 0.29) is 12.5 Å². The number of anilines is 1. The van der Waals surface area contributed by atoms with E-state index >= 15 is 0 Å². The summed E-state index contributed by atoms with van der Waals surface area (Å²) in [5.41, 5.74) is 1.29. The van der Waals surface area contributed by atoms with Gasteiger partial charge in [-0.05, 0) is 17.5 Å². The van der Waals surface area contributed by atoms with Gasteiger partial charge in [-0.25, -0.2) is 0 Å². The van der Waals surface area contributed by atoms with Crippen molar-refractivity contribution in [3.05, 3.63) is 46.2 Å². The number of carbonyl (C=O) groups excluding carboxylic acids is 1. The summed E-state index contributed by atoms with van der Waals surface area (Å²) < 4.78 is 5.10. The Morgan fingerprint density at radius 3 is 2.89 bits per heavy atom. The average molecular weight is 263 g/mol. The average Bonchev–Trinajstić information content (AvgIpc) is 2.87. The van der Waals surface area contributed by atoms with Crippen LogP contribution < -0.4 is 10.1 Å². The normalized spacial score (nSPS) is 10.1. The van der Waals surface area contributed by atoms with Crippen LogP contribution in [0, 0.1) is 0 Å². The molecule has 0 aliphatic rings. The predicted molar refractivity (Wildman–Crippen MR) is 71.2 cm³/mol. The topological polar surface area (TPSA) is 58.6 Å². The van der Waals surface area contributed by atoms with Gasteiger partial charge in [-0.3, -0.25) is 4.79 Å². The lowest BCUT2D eigenvalue weighted by atomic mass is 10.2. The molecule has 5 heteroatoms. The molecule has 0 aliphatic carbocycles. The molecule has 1 aromatic carbocycles. The van der Waals surface area contributed by atoms with E-state index in [0.29, 0.717) is 21.9 Å². The monoisotopic (exact) mass is 263 g/mol. The number of benzene rings is 1. The molecule has 0 bridgehead atoms. The van der Waals surface area contributed by atoms with Crippen LogP contribution in [0.5, 0.6) is 5.75 Å². The van der Waals surface area contributed by atoms with Crippen LogP contribution in [0.3, 0.4) is 0 Å². The summed E-state index contributed by atoms with van der Waals surface area (Å²) in [4.78, 5) is 12.6. The van der Waals surface area contributed by atoms with Crippen LogP contribution in [0.4, 0.5) is 5.69 Å². The maximum absolute atomic E-state index is 12.1. The van der Waals surface area contributed by atoms with Gasteiger partial charge in [0.25, 0.3) is 5.91 Å². The highest BCUT2D eigenvalue weighted by atomic mass is 32.1. The second-order valence-corrected chi connectivity index (χ2v) is 4.50. The molecule has 0 unspecified atom stereocenters. The van der Waals surface area contributed by atoms with Gasteiger partial charge < -0.3 is 15.2 Å². The van der Waals surface area contributed by atoms with E-state index in [0.717, 1.165) is 0 Å². The number of para-hydroxylation sites is 1. The maximum atomic E-state index is 12.1. The first-order valence-electron chi connectivity index (χ1n) is 5.38. The molecule has 0 saturated carbocycles. The molecule has 1 aromatic heterocycles. The molecule has 0 radical (unpaired) electrons. The zero-order chi connectivity index (χ0) is 13.0. The Morgan fingerprint density at radius 1 is 1.39 bits per heavy atom. The molecular formula is C13H13NO3S. The first-order valence-corrected chi connectivity index (χ1v) is 6.26. The Kier molecular flexibility index (Phi) is 3.96. The second-order valence-electron chi connectivity index (χ2n) is 3.59. The van der Waals surface area contributed by atoms with Crippen molar-refractivity contribution in [1.82, 2.24) is 0 Å². The summed E-state index contributed by atoms with van der Waals surface area (Å²) in [6.45, 7) is -0.113. The molecule has 18 heavy (non-hydrogen) atoms. The van der Waals surface area contributed by atoms with Gasteiger partial charge >= 0.3 is 0 Å². The minimum atomic E-state index is -0.234. The summed E-state index contributed by atoms with van der Waals surface area (Å²) in [6, 6.07) is 8.88. The Labute approximate surface area is 109 Å². The van der Waals surface area contributed by atoms with Crippen LogP contribution in [-0.2, 0) is 6.61 Å². The first kappa shape index (κ1) is 12.6. The minimum Gasteiger partial charge on any atom is -0.495 e. The Hall–Kier alpha value is -1.85. The van der Waals surface area contributed by atoms with Crippen molar-refractivity contribution in [1.29, 1.82) is 0 Å². The molecule has 2 rings (SSSR count). The summed E-state index contributed by atoms with van der Waals surface area (Å²) >= 11 is 1.32. The zero-order valence-corrected chi connectivity index (χ0v) is 10.7. The van der Waals surface area contributed by atoms with Crippen LogP contribution in [0.15, 0.2) is 35.7 Å². The van der Waals surface area contributed by atoms with Gasteiger partial charge in [-0.2, -0.15) is 0 Å². The maximum Gasteiger partial charge on any atom is 0.269 e. The summed E-state index contributed by atoms with van der Waals surface area (Å²) in [7, 11) is 1.53. The number of ether oxygens (including phenoxy) is 1. The molecule has 0 saturated heterocycles. The van der Waals surface area contributed by atoms with Gasteiger partial charge in [0.05, 0.1) is 13.7 Å². The van der Waals surface area contributed by atoms with E-state index in [1.54, 1.807) is 29.6 Å². The fourth-order valence-corrected chi connectivity index (χ4v) is 2.34. The fourth-order valence-electron chi connectivity index (χ4n) is 1.58. The number of nitrogens with one attached hydrogen (secondary N) is 1. The molecule has 94 valence electrons. The summed E-state index contributed by atoms with van der Waals surface area (Å²) in [6.07, 6.45) is 0. The van der Waals surface area contributed by atoms with Crippen molar-refractivity contribution in [3.8, 4) is 5.75 Å². The molecular weight excluding hydrogens is 250 g/mol. The van der Waals surface area contributed by atoms with E-state index in [1.165, 1.54) is 18.4 Å². The third-order valence-corrected chi connectivity index (χ3v) is 3.39. The lowest BCUT2D eigenvalue weighted by molar-refractivity contribution is 0.102. The largest absolute Gasteiger partial charge is 0.495 e. The van der Waals surface area contributed by atoms with E-state index in [9.17, 15) is 9.90 Å². The summed E-state index contributed by atoms with van der Waals surface area (Å²) in [5, 5.41) is 13.8. The molecule has 0 spiro atoms. The summed E-state index contributed by atoms with van der Waals surface area (Å²) in [5.74, 6) is 0.321. The van der Waals surface area contributed by atoms with E-state index in [2.05, 4.69) is 5.32 Å². The SMILES string of the molecule is COc1ccsc1C(=O)Nc1ccccc1CO. The van der Waals surface area contributed by atoms with Crippen molar-refractivity contribution in [2.45, 2.75) is 6.61 Å². The number of rotatable bonds is 4. The van der Waals surface area contributed by atoms with Crippen LogP contribution in [0.25, 0.3) is 0 Å². The fraction of sp³-hybridized carbons (Fsp3) is 0.154. The van der Waals surface area contributed by atoms with Gasteiger partial charge in [0.15, 0.2) is 0 Å². The zero-order valence-electron chi connectivity index (χ0n) is 9.84. The van der Waals surface area contributed by atoms with Gasteiger partial charge in [-0.15, -0.1) is 11.3 Å². The number of hydrogen-bond acceptors (Lipinski definition) is 4. The smallest absolute Gasteiger partial charge is 0.269 e. The number of carbonyl (C=O) groups is 1. The highest BCUT2D eigenvalue weighted by Gasteiger charge is 2.14. The lowest BCUT2D eigenvalue weighted by Gasteiger charge is -2.09. The Bertz CT molecular complexity index is 551. The minimum absolute atomic E-state index is 0.113. The number of thiophene rings is 1.